The third-order valence-corrected chi connectivity index (χ3v) is 4.74. The zero-order chi connectivity index (χ0) is 14.7. The van der Waals surface area contributed by atoms with Crippen molar-refractivity contribution in [1.29, 1.82) is 0 Å². The van der Waals surface area contributed by atoms with E-state index in [0.717, 1.165) is 26.3 Å². The molecule has 0 fully saturated rings. The summed E-state index contributed by atoms with van der Waals surface area (Å²) in [6.07, 6.45) is -0.489. The first-order valence-electron chi connectivity index (χ1n) is 6.78. The Kier molecular flexibility index (Phi) is 4.49. The summed E-state index contributed by atoms with van der Waals surface area (Å²) in [5, 5.41) is 13.5. The van der Waals surface area contributed by atoms with E-state index in [1.54, 1.807) is 11.8 Å². The second-order valence-corrected chi connectivity index (χ2v) is 6.38. The molecule has 1 atom stereocenters. The Bertz CT molecular complexity index is 734. The van der Waals surface area contributed by atoms with Gasteiger partial charge in [-0.1, -0.05) is 54.1 Å². The summed E-state index contributed by atoms with van der Waals surface area (Å²) in [5.74, 6) is 0.621. The van der Waals surface area contributed by atoms with E-state index >= 15 is 0 Å². The number of benzene rings is 3. The summed E-state index contributed by atoms with van der Waals surface area (Å²) in [4.78, 5) is 1.11. The fourth-order valence-corrected chi connectivity index (χ4v) is 3.32. The predicted octanol–water partition coefficient (Wildman–Crippen LogP) is 5.32. The Balaban J connectivity index is 1.78. The van der Waals surface area contributed by atoms with Gasteiger partial charge >= 0.3 is 0 Å². The number of thioether (sulfide) groups is 1. The molecule has 0 saturated heterocycles. The minimum absolute atomic E-state index is 0.489. The van der Waals surface area contributed by atoms with Crippen molar-refractivity contribution in [2.24, 2.45) is 0 Å². The molecule has 0 aromatic heterocycles. The summed E-state index contributed by atoms with van der Waals surface area (Å²) in [5.41, 5.74) is 0.981. The molecule has 1 unspecified atom stereocenters. The van der Waals surface area contributed by atoms with E-state index < -0.39 is 6.10 Å². The van der Waals surface area contributed by atoms with Crippen LogP contribution in [0, 0.1) is 0 Å². The van der Waals surface area contributed by atoms with Gasteiger partial charge in [0.25, 0.3) is 0 Å². The molecule has 0 saturated carbocycles. The number of fused-ring (bicyclic) bond motifs is 1. The highest BCUT2D eigenvalue weighted by atomic mass is 35.5. The Morgan fingerprint density at radius 3 is 2.43 bits per heavy atom. The van der Waals surface area contributed by atoms with Gasteiger partial charge in [0.05, 0.1) is 6.10 Å². The summed E-state index contributed by atoms with van der Waals surface area (Å²) in [7, 11) is 0. The lowest BCUT2D eigenvalue weighted by Gasteiger charge is -2.13. The molecule has 3 aromatic carbocycles. The van der Waals surface area contributed by atoms with Crippen LogP contribution in [0.15, 0.2) is 71.6 Å². The van der Waals surface area contributed by atoms with Crippen molar-refractivity contribution in [2.45, 2.75) is 11.0 Å². The first kappa shape index (κ1) is 14.5. The third-order valence-electron chi connectivity index (χ3n) is 3.40. The summed E-state index contributed by atoms with van der Waals surface area (Å²) >= 11 is 7.51. The molecule has 21 heavy (non-hydrogen) atoms. The first-order chi connectivity index (χ1) is 10.2. The van der Waals surface area contributed by atoms with Gasteiger partial charge in [0.2, 0.25) is 0 Å². The molecular weight excluding hydrogens is 300 g/mol. The van der Waals surface area contributed by atoms with Crippen LogP contribution in [0.4, 0.5) is 0 Å². The topological polar surface area (TPSA) is 20.2 Å². The van der Waals surface area contributed by atoms with Gasteiger partial charge in [-0.05, 0) is 40.6 Å². The number of halogens is 1. The maximum atomic E-state index is 10.5. The third kappa shape index (κ3) is 3.41. The SMILES string of the molecule is OC(CSc1ccc(Cl)cc1)c1cccc2ccccc12. The van der Waals surface area contributed by atoms with E-state index in [2.05, 4.69) is 18.2 Å². The van der Waals surface area contributed by atoms with Crippen molar-refractivity contribution in [3.05, 3.63) is 77.3 Å². The molecular formula is C18H15ClOS. The number of hydrogen-bond acceptors (Lipinski definition) is 2. The van der Waals surface area contributed by atoms with Gasteiger partial charge in [0.1, 0.15) is 0 Å². The van der Waals surface area contributed by atoms with Gasteiger partial charge in [0, 0.05) is 15.7 Å². The normalized spacial score (nSPS) is 12.5. The fraction of sp³-hybridized carbons (Fsp3) is 0.111. The van der Waals surface area contributed by atoms with Gasteiger partial charge in [-0.2, -0.15) is 0 Å². The lowest BCUT2D eigenvalue weighted by Crippen LogP contribution is -2.01. The molecule has 0 aliphatic rings. The molecule has 0 spiro atoms. The molecule has 1 nitrogen and oxygen atoms in total. The maximum absolute atomic E-state index is 10.5. The highest BCUT2D eigenvalue weighted by Gasteiger charge is 2.11. The monoisotopic (exact) mass is 314 g/mol. The van der Waals surface area contributed by atoms with Crippen LogP contribution in [0.1, 0.15) is 11.7 Å². The second-order valence-electron chi connectivity index (χ2n) is 4.85. The van der Waals surface area contributed by atoms with Gasteiger partial charge in [-0.3, -0.25) is 0 Å². The molecule has 0 amide bonds. The highest BCUT2D eigenvalue weighted by molar-refractivity contribution is 7.99. The van der Waals surface area contributed by atoms with Gasteiger partial charge in [0.15, 0.2) is 0 Å². The minimum atomic E-state index is -0.489. The number of rotatable bonds is 4. The van der Waals surface area contributed by atoms with E-state index in [1.807, 2.05) is 48.5 Å². The molecule has 3 rings (SSSR count). The molecule has 106 valence electrons. The van der Waals surface area contributed by atoms with E-state index in [1.165, 1.54) is 0 Å². The van der Waals surface area contributed by atoms with Crippen LogP contribution in [0.3, 0.4) is 0 Å². The van der Waals surface area contributed by atoms with Crippen molar-refractivity contribution in [1.82, 2.24) is 0 Å². The molecule has 3 heteroatoms. The Morgan fingerprint density at radius 2 is 1.62 bits per heavy atom. The van der Waals surface area contributed by atoms with Gasteiger partial charge in [-0.15, -0.1) is 11.8 Å². The van der Waals surface area contributed by atoms with E-state index in [4.69, 9.17) is 11.6 Å². The van der Waals surface area contributed by atoms with Crippen molar-refractivity contribution in [3.8, 4) is 0 Å². The quantitative estimate of drug-likeness (QED) is 0.658. The van der Waals surface area contributed by atoms with Crippen molar-refractivity contribution in [3.63, 3.8) is 0 Å². The molecule has 1 N–H and O–H groups in total. The Labute approximate surface area is 133 Å². The van der Waals surface area contributed by atoms with Crippen molar-refractivity contribution in [2.75, 3.05) is 5.75 Å². The zero-order valence-corrected chi connectivity index (χ0v) is 12.9. The van der Waals surface area contributed by atoms with Crippen LogP contribution in [0.5, 0.6) is 0 Å². The predicted molar refractivity (Wildman–Crippen MR) is 91.1 cm³/mol. The van der Waals surface area contributed by atoms with Crippen molar-refractivity contribution < 1.29 is 5.11 Å². The van der Waals surface area contributed by atoms with Crippen molar-refractivity contribution >= 4 is 34.1 Å². The van der Waals surface area contributed by atoms with Crippen LogP contribution in [-0.4, -0.2) is 10.9 Å². The number of aliphatic hydroxyl groups is 1. The summed E-state index contributed by atoms with van der Waals surface area (Å²) in [6, 6.07) is 21.9. The summed E-state index contributed by atoms with van der Waals surface area (Å²) < 4.78 is 0. The van der Waals surface area contributed by atoms with Crippen LogP contribution < -0.4 is 0 Å². The number of aliphatic hydroxyl groups excluding tert-OH is 1. The minimum Gasteiger partial charge on any atom is -0.388 e. The van der Waals surface area contributed by atoms with E-state index in [0.29, 0.717) is 5.75 Å². The fourth-order valence-electron chi connectivity index (χ4n) is 2.34. The molecule has 3 aromatic rings. The average Bonchev–Trinajstić information content (AvgIpc) is 2.53. The molecule has 0 heterocycles. The standard InChI is InChI=1S/C18H15ClOS/c19-14-8-10-15(11-9-14)21-12-18(20)17-7-3-5-13-4-1-2-6-16(13)17/h1-11,18,20H,12H2. The zero-order valence-electron chi connectivity index (χ0n) is 11.4. The lowest BCUT2D eigenvalue weighted by atomic mass is 10.0. The Morgan fingerprint density at radius 1 is 0.905 bits per heavy atom. The largest absolute Gasteiger partial charge is 0.388 e. The molecule has 0 radical (unpaired) electrons. The lowest BCUT2D eigenvalue weighted by molar-refractivity contribution is 0.205. The van der Waals surface area contributed by atoms with Crippen LogP contribution >= 0.6 is 23.4 Å². The van der Waals surface area contributed by atoms with Gasteiger partial charge in [-0.25, -0.2) is 0 Å². The van der Waals surface area contributed by atoms with Crippen LogP contribution in [0.2, 0.25) is 5.02 Å². The molecule has 0 aliphatic carbocycles. The average molecular weight is 315 g/mol. The van der Waals surface area contributed by atoms with E-state index in [-0.39, 0.29) is 0 Å². The molecule has 0 aliphatic heterocycles. The smallest absolute Gasteiger partial charge is 0.0889 e. The molecule has 0 bridgehead atoms. The second kappa shape index (κ2) is 6.52. The van der Waals surface area contributed by atoms with Crippen LogP contribution in [0.25, 0.3) is 10.8 Å². The van der Waals surface area contributed by atoms with Crippen LogP contribution in [-0.2, 0) is 0 Å². The first-order valence-corrected chi connectivity index (χ1v) is 8.14. The Hall–Kier alpha value is -1.48. The highest BCUT2D eigenvalue weighted by Crippen LogP contribution is 2.29. The van der Waals surface area contributed by atoms with Gasteiger partial charge < -0.3 is 5.11 Å². The number of hydrogen-bond donors (Lipinski definition) is 1. The van der Waals surface area contributed by atoms with E-state index in [9.17, 15) is 5.11 Å². The summed E-state index contributed by atoms with van der Waals surface area (Å²) in [6.45, 7) is 0. The maximum Gasteiger partial charge on any atom is 0.0889 e.